The van der Waals surface area contributed by atoms with Crippen LogP contribution in [0.5, 0.6) is 0 Å². The highest BCUT2D eigenvalue weighted by atomic mass is 15.0. The zero-order chi connectivity index (χ0) is 37.4. The Morgan fingerprint density at radius 1 is 0.411 bits per heavy atom. The molecule has 56 heavy (non-hydrogen) atoms. The number of fused-ring (bicyclic) bond motifs is 7. The molecule has 0 N–H and O–H groups in total. The average Bonchev–Trinajstić information content (AvgIpc) is 3.71. The van der Waals surface area contributed by atoms with Crippen molar-refractivity contribution in [3.05, 3.63) is 199 Å². The molecule has 2 aromatic heterocycles. The van der Waals surface area contributed by atoms with Crippen LogP contribution in [0.15, 0.2) is 188 Å². The molecule has 10 aromatic rings. The van der Waals surface area contributed by atoms with E-state index in [1.807, 2.05) is 0 Å². The molecule has 0 atom stereocenters. The van der Waals surface area contributed by atoms with E-state index < -0.39 is 0 Å². The van der Waals surface area contributed by atoms with Gasteiger partial charge in [-0.2, -0.15) is 0 Å². The molecular weight excluding hydrogens is 679 g/mol. The van der Waals surface area contributed by atoms with Gasteiger partial charge in [0, 0.05) is 38.4 Å². The van der Waals surface area contributed by atoms with Crippen LogP contribution in [0.2, 0.25) is 0 Å². The summed E-state index contributed by atoms with van der Waals surface area (Å²) in [5, 5.41) is 3.54. The van der Waals surface area contributed by atoms with Crippen LogP contribution in [0.25, 0.3) is 94.4 Å². The topological polar surface area (TPSA) is 30.7 Å². The number of hydrogen-bond donors (Lipinski definition) is 0. The second-order valence-electron chi connectivity index (χ2n) is 15.4. The molecule has 0 amide bonds. The molecule has 0 saturated heterocycles. The second-order valence-corrected chi connectivity index (χ2v) is 15.4. The molecule has 0 aliphatic heterocycles. The van der Waals surface area contributed by atoms with Crippen LogP contribution in [-0.2, 0) is 5.41 Å². The maximum atomic E-state index is 5.40. The molecule has 1 aliphatic rings. The van der Waals surface area contributed by atoms with E-state index in [1.165, 1.54) is 60.9 Å². The van der Waals surface area contributed by atoms with Gasteiger partial charge in [-0.1, -0.05) is 153 Å². The van der Waals surface area contributed by atoms with Crippen molar-refractivity contribution >= 4 is 32.7 Å². The lowest BCUT2D eigenvalue weighted by molar-refractivity contribution is 0.660. The maximum Gasteiger partial charge on any atom is 0.161 e. The zero-order valence-electron chi connectivity index (χ0n) is 31.2. The Bertz CT molecular complexity index is 3170. The molecule has 1 aliphatic carbocycles. The molecule has 264 valence electrons. The lowest BCUT2D eigenvalue weighted by atomic mass is 9.82. The number of benzene rings is 8. The van der Waals surface area contributed by atoms with E-state index in [1.54, 1.807) is 0 Å². The van der Waals surface area contributed by atoms with Crippen molar-refractivity contribution in [2.24, 2.45) is 0 Å². The highest BCUT2D eigenvalue weighted by Crippen LogP contribution is 2.51. The van der Waals surface area contributed by atoms with E-state index in [-0.39, 0.29) is 5.41 Å². The SMILES string of the molecule is CC1(C)c2ccccc2-c2c(-c3nc(-c4cccc(-c5cccc(-c6ccc7c(c6)c6ccccc6n7-c6ccccc6)c5)c4)c4ccccc4n3)cccc21. The molecule has 0 spiro atoms. The Morgan fingerprint density at radius 2 is 1.00 bits per heavy atom. The van der Waals surface area contributed by atoms with Gasteiger partial charge in [-0.3, -0.25) is 0 Å². The minimum Gasteiger partial charge on any atom is -0.309 e. The van der Waals surface area contributed by atoms with Crippen LogP contribution >= 0.6 is 0 Å². The summed E-state index contributed by atoms with van der Waals surface area (Å²) in [6, 6.07) is 67.7. The standard InChI is InChI=1S/C53H37N3/c1-53(2)45-25-9-6-22-41(45)50-43(24-14-26-46(50)53)52-54-47-27-10-7-23-42(47)51(55-52)38-18-13-17-36(32-38)34-15-12-16-35(31-34)37-29-30-49-44(33-37)40-21-8-11-28-48(40)56(49)39-19-4-3-5-20-39/h3-33H,1-2H3. The van der Waals surface area contributed by atoms with Gasteiger partial charge in [-0.05, 0) is 93.0 Å². The van der Waals surface area contributed by atoms with Crippen LogP contribution in [0.1, 0.15) is 25.0 Å². The van der Waals surface area contributed by atoms with Crippen molar-refractivity contribution in [2.75, 3.05) is 0 Å². The number of para-hydroxylation sites is 3. The zero-order valence-corrected chi connectivity index (χ0v) is 31.2. The summed E-state index contributed by atoms with van der Waals surface area (Å²) in [6.07, 6.45) is 0. The third kappa shape index (κ3) is 4.98. The molecule has 2 heterocycles. The molecule has 0 radical (unpaired) electrons. The summed E-state index contributed by atoms with van der Waals surface area (Å²) in [7, 11) is 0. The fourth-order valence-electron chi connectivity index (χ4n) is 9.09. The predicted molar refractivity (Wildman–Crippen MR) is 233 cm³/mol. The molecule has 0 bridgehead atoms. The third-order valence-corrected chi connectivity index (χ3v) is 11.8. The van der Waals surface area contributed by atoms with Gasteiger partial charge in [-0.15, -0.1) is 0 Å². The van der Waals surface area contributed by atoms with Gasteiger partial charge in [-0.25, -0.2) is 9.97 Å². The van der Waals surface area contributed by atoms with E-state index in [0.717, 1.165) is 44.7 Å². The largest absolute Gasteiger partial charge is 0.309 e. The monoisotopic (exact) mass is 715 g/mol. The van der Waals surface area contributed by atoms with Gasteiger partial charge in [0.2, 0.25) is 0 Å². The van der Waals surface area contributed by atoms with Crippen LogP contribution in [0, 0.1) is 0 Å². The van der Waals surface area contributed by atoms with Crippen LogP contribution < -0.4 is 0 Å². The van der Waals surface area contributed by atoms with Crippen molar-refractivity contribution in [1.82, 2.24) is 14.5 Å². The van der Waals surface area contributed by atoms with Crippen molar-refractivity contribution in [2.45, 2.75) is 19.3 Å². The van der Waals surface area contributed by atoms with E-state index >= 15 is 0 Å². The molecule has 0 saturated carbocycles. The summed E-state index contributed by atoms with van der Waals surface area (Å²) in [5.41, 5.74) is 17.3. The van der Waals surface area contributed by atoms with E-state index in [4.69, 9.17) is 9.97 Å². The Balaban J connectivity index is 1.02. The van der Waals surface area contributed by atoms with Gasteiger partial charge >= 0.3 is 0 Å². The first-order valence-electron chi connectivity index (χ1n) is 19.3. The summed E-state index contributed by atoms with van der Waals surface area (Å²) < 4.78 is 2.36. The normalized spacial score (nSPS) is 13.0. The van der Waals surface area contributed by atoms with E-state index in [0.29, 0.717) is 0 Å². The first-order valence-corrected chi connectivity index (χ1v) is 19.3. The number of rotatable bonds is 5. The quantitative estimate of drug-likeness (QED) is 0.178. The lowest BCUT2D eigenvalue weighted by Crippen LogP contribution is -2.14. The molecule has 0 fully saturated rings. The molecule has 11 rings (SSSR count). The van der Waals surface area contributed by atoms with Gasteiger partial charge in [0.05, 0.1) is 22.2 Å². The van der Waals surface area contributed by atoms with Crippen LogP contribution in [0.3, 0.4) is 0 Å². The van der Waals surface area contributed by atoms with Gasteiger partial charge in [0.1, 0.15) is 0 Å². The molecular formula is C53H37N3. The van der Waals surface area contributed by atoms with Crippen molar-refractivity contribution < 1.29 is 0 Å². The molecule has 0 unspecified atom stereocenters. The van der Waals surface area contributed by atoms with Crippen LogP contribution in [-0.4, -0.2) is 14.5 Å². The second kappa shape index (κ2) is 12.5. The fourth-order valence-corrected chi connectivity index (χ4v) is 9.09. The molecule has 3 nitrogen and oxygen atoms in total. The smallest absolute Gasteiger partial charge is 0.161 e. The summed E-state index contributed by atoms with van der Waals surface area (Å²) >= 11 is 0. The minimum absolute atomic E-state index is 0.0999. The van der Waals surface area contributed by atoms with Crippen molar-refractivity contribution in [1.29, 1.82) is 0 Å². The Labute approximate surface area is 326 Å². The van der Waals surface area contributed by atoms with Gasteiger partial charge in [0.15, 0.2) is 5.82 Å². The first-order chi connectivity index (χ1) is 27.5. The summed E-state index contributed by atoms with van der Waals surface area (Å²) in [6.45, 7) is 4.63. The van der Waals surface area contributed by atoms with Gasteiger partial charge in [0.25, 0.3) is 0 Å². The van der Waals surface area contributed by atoms with E-state index in [9.17, 15) is 0 Å². The maximum absolute atomic E-state index is 5.40. The number of nitrogens with zero attached hydrogens (tertiary/aromatic N) is 3. The number of hydrogen-bond acceptors (Lipinski definition) is 2. The Kier molecular flexibility index (Phi) is 7.20. The minimum atomic E-state index is -0.0999. The van der Waals surface area contributed by atoms with Gasteiger partial charge < -0.3 is 4.57 Å². The highest BCUT2D eigenvalue weighted by molar-refractivity contribution is 6.10. The highest BCUT2D eigenvalue weighted by Gasteiger charge is 2.37. The van der Waals surface area contributed by atoms with Crippen molar-refractivity contribution in [3.8, 4) is 61.7 Å². The Hall–Kier alpha value is -7.10. The summed E-state index contributed by atoms with van der Waals surface area (Å²) in [5.74, 6) is 0.750. The molecule has 8 aromatic carbocycles. The predicted octanol–water partition coefficient (Wildman–Crippen LogP) is 13.7. The average molecular weight is 716 g/mol. The molecule has 3 heteroatoms. The summed E-state index contributed by atoms with van der Waals surface area (Å²) in [4.78, 5) is 10.6. The van der Waals surface area contributed by atoms with Crippen LogP contribution in [0.4, 0.5) is 0 Å². The fraction of sp³-hybridized carbons (Fsp3) is 0.0566. The first kappa shape index (κ1) is 32.3. The van der Waals surface area contributed by atoms with E-state index in [2.05, 4.69) is 206 Å². The van der Waals surface area contributed by atoms with Crippen molar-refractivity contribution in [3.63, 3.8) is 0 Å². The Morgan fingerprint density at radius 3 is 1.82 bits per heavy atom. The lowest BCUT2D eigenvalue weighted by Gasteiger charge is -2.21. The number of aromatic nitrogens is 3. The third-order valence-electron chi connectivity index (χ3n) is 11.8.